The van der Waals surface area contributed by atoms with Gasteiger partial charge in [-0.3, -0.25) is 0 Å². The van der Waals surface area contributed by atoms with E-state index in [1.165, 1.54) is 4.90 Å². The highest BCUT2D eigenvalue weighted by molar-refractivity contribution is 7.91. The van der Waals surface area contributed by atoms with Gasteiger partial charge in [0, 0.05) is 19.3 Å². The lowest BCUT2D eigenvalue weighted by Gasteiger charge is -2.21. The third-order valence-electron chi connectivity index (χ3n) is 4.44. The lowest BCUT2D eigenvalue weighted by Crippen LogP contribution is -2.40. The number of ether oxygens (including phenoxy) is 1. The summed E-state index contributed by atoms with van der Waals surface area (Å²) < 4.78 is 28.4. The molecule has 2 aromatic carbocycles. The molecule has 1 N–H and O–H groups in total. The Morgan fingerprint density at radius 1 is 1.19 bits per heavy atom. The Balaban J connectivity index is 2.03. The van der Waals surface area contributed by atoms with Gasteiger partial charge < -0.3 is 15.0 Å². The second kappa shape index (κ2) is 8.40. The first-order valence-corrected chi connectivity index (χ1v) is 10.4. The Morgan fingerprint density at radius 2 is 1.85 bits per heavy atom. The topological polar surface area (TPSA) is 75.7 Å². The Kier molecular flexibility index (Phi) is 6.47. The summed E-state index contributed by atoms with van der Waals surface area (Å²) >= 11 is 0. The standard InChI is InChI=1S/C19H26N2O4S/c1-5-26(23,24)11-10-21(3)19(22)20-14(2)15-6-7-17-13-18(25-4)9-8-16(17)12-15/h6-9,12-14H,5,10-11H2,1-4H3,(H,20,22)/t14-/m1/s1. The number of rotatable bonds is 7. The van der Waals surface area contributed by atoms with E-state index in [1.807, 2.05) is 43.3 Å². The molecule has 2 amide bonds. The number of urea groups is 1. The third kappa shape index (κ3) is 5.11. The number of nitrogens with one attached hydrogen (secondary N) is 1. The molecule has 0 aliphatic rings. The summed E-state index contributed by atoms with van der Waals surface area (Å²) in [5.74, 6) is 0.857. The lowest BCUT2D eigenvalue weighted by molar-refractivity contribution is 0.208. The number of hydrogen-bond acceptors (Lipinski definition) is 4. The minimum Gasteiger partial charge on any atom is -0.497 e. The van der Waals surface area contributed by atoms with Crippen LogP contribution in [0.25, 0.3) is 10.8 Å². The van der Waals surface area contributed by atoms with Crippen molar-refractivity contribution in [3.8, 4) is 5.75 Å². The van der Waals surface area contributed by atoms with E-state index in [1.54, 1.807) is 21.1 Å². The Bertz CT molecular complexity index is 880. The molecule has 6 nitrogen and oxygen atoms in total. The molecule has 0 heterocycles. The average molecular weight is 378 g/mol. The number of carbonyl (C=O) groups excluding carboxylic acids is 1. The number of fused-ring (bicyclic) bond motifs is 1. The van der Waals surface area contributed by atoms with Crippen molar-refractivity contribution in [3.05, 3.63) is 42.0 Å². The maximum Gasteiger partial charge on any atom is 0.317 e. The molecule has 0 fully saturated rings. The lowest BCUT2D eigenvalue weighted by atomic mass is 10.0. The smallest absolute Gasteiger partial charge is 0.317 e. The molecule has 0 unspecified atom stereocenters. The average Bonchev–Trinajstić information content (AvgIpc) is 2.65. The molecule has 0 spiro atoms. The molecule has 2 aromatic rings. The molecule has 0 aliphatic carbocycles. The summed E-state index contributed by atoms with van der Waals surface area (Å²) in [5, 5.41) is 5.03. The molecule has 0 saturated carbocycles. The Morgan fingerprint density at radius 3 is 2.50 bits per heavy atom. The van der Waals surface area contributed by atoms with Gasteiger partial charge in [0.1, 0.15) is 5.75 Å². The fraction of sp³-hybridized carbons (Fsp3) is 0.421. The number of amides is 2. The fourth-order valence-corrected chi connectivity index (χ4v) is 3.38. The Hall–Kier alpha value is -2.28. The number of carbonyl (C=O) groups is 1. The van der Waals surface area contributed by atoms with E-state index >= 15 is 0 Å². The van der Waals surface area contributed by atoms with Crippen molar-refractivity contribution in [2.75, 3.05) is 32.2 Å². The minimum absolute atomic E-state index is 0.0282. The zero-order valence-electron chi connectivity index (χ0n) is 15.7. The summed E-state index contributed by atoms with van der Waals surface area (Å²) in [6.45, 7) is 3.68. The Labute approximate surface area is 155 Å². The number of nitrogens with zero attached hydrogens (tertiary/aromatic N) is 1. The van der Waals surface area contributed by atoms with E-state index in [2.05, 4.69) is 5.32 Å². The second-order valence-corrected chi connectivity index (χ2v) is 8.77. The van der Waals surface area contributed by atoms with Crippen molar-refractivity contribution in [2.24, 2.45) is 0 Å². The van der Waals surface area contributed by atoms with Gasteiger partial charge in [-0.25, -0.2) is 13.2 Å². The number of methoxy groups -OCH3 is 1. The van der Waals surface area contributed by atoms with Crippen LogP contribution in [0.3, 0.4) is 0 Å². The van der Waals surface area contributed by atoms with E-state index < -0.39 is 9.84 Å². The van der Waals surface area contributed by atoms with Crippen LogP contribution < -0.4 is 10.1 Å². The van der Waals surface area contributed by atoms with Gasteiger partial charge in [0.15, 0.2) is 9.84 Å². The SMILES string of the molecule is CCS(=O)(=O)CCN(C)C(=O)N[C@H](C)c1ccc2cc(OC)ccc2c1. The van der Waals surface area contributed by atoms with Crippen LogP contribution in [0, 0.1) is 0 Å². The highest BCUT2D eigenvalue weighted by atomic mass is 32.2. The molecule has 26 heavy (non-hydrogen) atoms. The van der Waals surface area contributed by atoms with Crippen molar-refractivity contribution in [1.29, 1.82) is 0 Å². The van der Waals surface area contributed by atoms with Crippen LogP contribution in [0.2, 0.25) is 0 Å². The second-order valence-electron chi connectivity index (χ2n) is 6.30. The molecule has 1 atom stereocenters. The molecule has 2 rings (SSSR count). The van der Waals surface area contributed by atoms with Gasteiger partial charge in [-0.15, -0.1) is 0 Å². The van der Waals surface area contributed by atoms with Crippen LogP contribution in [0.4, 0.5) is 4.79 Å². The van der Waals surface area contributed by atoms with Crippen molar-refractivity contribution in [3.63, 3.8) is 0 Å². The predicted octanol–water partition coefficient (Wildman–Crippen LogP) is 2.99. The fourth-order valence-electron chi connectivity index (χ4n) is 2.54. The first-order valence-electron chi connectivity index (χ1n) is 8.55. The molecule has 0 saturated heterocycles. The normalized spacial score (nSPS) is 12.6. The van der Waals surface area contributed by atoms with Gasteiger partial charge >= 0.3 is 6.03 Å². The molecule has 0 radical (unpaired) electrons. The van der Waals surface area contributed by atoms with Gasteiger partial charge in [0.2, 0.25) is 0 Å². The first kappa shape index (κ1) is 20.0. The van der Waals surface area contributed by atoms with E-state index in [0.717, 1.165) is 22.1 Å². The van der Waals surface area contributed by atoms with Gasteiger partial charge in [-0.05, 0) is 41.5 Å². The molecule has 0 bridgehead atoms. The van der Waals surface area contributed by atoms with Crippen LogP contribution in [0.15, 0.2) is 36.4 Å². The molecule has 0 aliphatic heterocycles. The van der Waals surface area contributed by atoms with E-state index in [0.29, 0.717) is 0 Å². The van der Waals surface area contributed by atoms with Crippen molar-refractivity contribution in [2.45, 2.75) is 19.9 Å². The zero-order chi connectivity index (χ0) is 19.3. The zero-order valence-corrected chi connectivity index (χ0v) is 16.5. The number of sulfone groups is 1. The van der Waals surface area contributed by atoms with Crippen LogP contribution in [0.5, 0.6) is 5.75 Å². The van der Waals surface area contributed by atoms with E-state index in [-0.39, 0.29) is 30.1 Å². The molecular formula is C19H26N2O4S. The van der Waals surface area contributed by atoms with Crippen LogP contribution in [-0.2, 0) is 9.84 Å². The highest BCUT2D eigenvalue weighted by Crippen LogP contribution is 2.24. The van der Waals surface area contributed by atoms with Gasteiger partial charge in [-0.1, -0.05) is 25.1 Å². The van der Waals surface area contributed by atoms with Crippen molar-refractivity contribution >= 4 is 26.6 Å². The number of benzene rings is 2. The van der Waals surface area contributed by atoms with Gasteiger partial charge in [0.25, 0.3) is 0 Å². The van der Waals surface area contributed by atoms with Gasteiger partial charge in [0.05, 0.1) is 18.9 Å². The van der Waals surface area contributed by atoms with E-state index in [4.69, 9.17) is 4.74 Å². The van der Waals surface area contributed by atoms with Crippen LogP contribution >= 0.6 is 0 Å². The highest BCUT2D eigenvalue weighted by Gasteiger charge is 2.16. The van der Waals surface area contributed by atoms with Crippen molar-refractivity contribution in [1.82, 2.24) is 10.2 Å². The molecule has 7 heteroatoms. The molecule has 0 aromatic heterocycles. The summed E-state index contributed by atoms with van der Waals surface area (Å²) in [6.07, 6.45) is 0. The van der Waals surface area contributed by atoms with E-state index in [9.17, 15) is 13.2 Å². The maximum absolute atomic E-state index is 12.3. The summed E-state index contributed by atoms with van der Waals surface area (Å²) in [7, 11) is 0.141. The van der Waals surface area contributed by atoms with Gasteiger partial charge in [-0.2, -0.15) is 0 Å². The maximum atomic E-state index is 12.3. The number of hydrogen-bond donors (Lipinski definition) is 1. The minimum atomic E-state index is -3.09. The predicted molar refractivity (Wildman–Crippen MR) is 104 cm³/mol. The third-order valence-corrected chi connectivity index (χ3v) is 6.12. The molecular weight excluding hydrogens is 352 g/mol. The van der Waals surface area contributed by atoms with Crippen LogP contribution in [0.1, 0.15) is 25.5 Å². The van der Waals surface area contributed by atoms with Crippen LogP contribution in [-0.4, -0.2) is 51.6 Å². The summed E-state index contributed by atoms with van der Waals surface area (Å²) in [4.78, 5) is 13.7. The quantitative estimate of drug-likeness (QED) is 0.804. The van der Waals surface area contributed by atoms with Crippen molar-refractivity contribution < 1.29 is 17.9 Å². The summed E-state index contributed by atoms with van der Waals surface area (Å²) in [6, 6.07) is 11.3. The first-order chi connectivity index (χ1) is 12.3. The monoisotopic (exact) mass is 378 g/mol. The molecule has 142 valence electrons. The largest absolute Gasteiger partial charge is 0.497 e. The summed E-state index contributed by atoms with van der Waals surface area (Å²) in [5.41, 5.74) is 0.977.